The van der Waals surface area contributed by atoms with Crippen LogP contribution in [0.15, 0.2) is 48.5 Å². The average Bonchev–Trinajstić information content (AvgIpc) is 2.77. The minimum atomic E-state index is -0.626. The standard InChI is InChI=1S/C24H23NO5/c1-4-29-23(26)21-17-11-7-8-12-18(17)25-19(22(21)24(27)30-5-2)15-14-16-10-6-9-13-20(16)28-3/h6-15H,4-5H2,1-3H3/b15-14+. The molecule has 3 aromatic rings. The van der Waals surface area contributed by atoms with E-state index in [4.69, 9.17) is 14.2 Å². The summed E-state index contributed by atoms with van der Waals surface area (Å²) in [6.07, 6.45) is 3.47. The fraction of sp³-hybridized carbons (Fsp3) is 0.208. The second kappa shape index (κ2) is 9.69. The summed E-state index contributed by atoms with van der Waals surface area (Å²) in [6.45, 7) is 3.78. The molecule has 1 aromatic heterocycles. The lowest BCUT2D eigenvalue weighted by Gasteiger charge is -2.14. The first-order valence-electron chi connectivity index (χ1n) is 9.68. The number of benzene rings is 2. The summed E-state index contributed by atoms with van der Waals surface area (Å²) in [6, 6.07) is 14.6. The normalized spacial score (nSPS) is 10.9. The van der Waals surface area contributed by atoms with E-state index < -0.39 is 11.9 Å². The quantitative estimate of drug-likeness (QED) is 0.527. The first-order valence-corrected chi connectivity index (χ1v) is 9.68. The first-order chi connectivity index (χ1) is 14.6. The number of methoxy groups -OCH3 is 1. The molecule has 0 saturated carbocycles. The third-order valence-corrected chi connectivity index (χ3v) is 4.44. The van der Waals surface area contributed by atoms with Crippen molar-refractivity contribution in [3.05, 3.63) is 70.9 Å². The molecule has 2 aromatic carbocycles. The topological polar surface area (TPSA) is 74.7 Å². The van der Waals surface area contributed by atoms with Crippen molar-refractivity contribution in [2.24, 2.45) is 0 Å². The van der Waals surface area contributed by atoms with Crippen LogP contribution in [0.3, 0.4) is 0 Å². The van der Waals surface area contributed by atoms with Crippen LogP contribution in [-0.4, -0.2) is 37.2 Å². The molecule has 3 rings (SSSR count). The van der Waals surface area contributed by atoms with Gasteiger partial charge in [-0.1, -0.05) is 36.4 Å². The molecule has 0 spiro atoms. The van der Waals surface area contributed by atoms with Gasteiger partial charge in [0.25, 0.3) is 0 Å². The van der Waals surface area contributed by atoms with Gasteiger partial charge < -0.3 is 14.2 Å². The maximum absolute atomic E-state index is 12.8. The zero-order chi connectivity index (χ0) is 21.5. The molecule has 0 fully saturated rings. The third kappa shape index (κ3) is 4.33. The molecule has 0 radical (unpaired) electrons. The van der Waals surface area contributed by atoms with Crippen LogP contribution < -0.4 is 4.74 Å². The van der Waals surface area contributed by atoms with Crippen LogP contribution in [0.5, 0.6) is 5.75 Å². The number of aromatic nitrogens is 1. The summed E-state index contributed by atoms with van der Waals surface area (Å²) < 4.78 is 15.9. The van der Waals surface area contributed by atoms with Crippen molar-refractivity contribution in [3.63, 3.8) is 0 Å². The number of para-hydroxylation sites is 2. The molecule has 6 heteroatoms. The Morgan fingerprint density at radius 1 is 0.867 bits per heavy atom. The van der Waals surface area contributed by atoms with Gasteiger partial charge in [0.1, 0.15) is 11.3 Å². The predicted octanol–water partition coefficient (Wildman–Crippen LogP) is 4.77. The Morgan fingerprint density at radius 3 is 2.20 bits per heavy atom. The third-order valence-electron chi connectivity index (χ3n) is 4.44. The van der Waals surface area contributed by atoms with Gasteiger partial charge in [-0.2, -0.15) is 0 Å². The fourth-order valence-corrected chi connectivity index (χ4v) is 3.15. The highest BCUT2D eigenvalue weighted by atomic mass is 16.5. The number of rotatable bonds is 7. The number of nitrogens with zero attached hydrogens (tertiary/aromatic N) is 1. The van der Waals surface area contributed by atoms with Crippen LogP contribution in [0.4, 0.5) is 0 Å². The lowest BCUT2D eigenvalue weighted by molar-refractivity contribution is 0.0480. The minimum Gasteiger partial charge on any atom is -0.496 e. The van der Waals surface area contributed by atoms with Gasteiger partial charge >= 0.3 is 11.9 Å². The van der Waals surface area contributed by atoms with E-state index in [9.17, 15) is 9.59 Å². The van der Waals surface area contributed by atoms with Crippen molar-refractivity contribution >= 4 is 35.0 Å². The molecule has 0 amide bonds. The molecule has 0 aliphatic rings. The van der Waals surface area contributed by atoms with E-state index in [1.165, 1.54) is 0 Å². The molecule has 0 atom stereocenters. The Balaban J connectivity index is 2.26. The minimum absolute atomic E-state index is 0.0835. The maximum atomic E-state index is 12.8. The van der Waals surface area contributed by atoms with Crippen molar-refractivity contribution in [1.29, 1.82) is 0 Å². The summed E-state index contributed by atoms with van der Waals surface area (Å²) >= 11 is 0. The molecule has 0 bridgehead atoms. The van der Waals surface area contributed by atoms with E-state index in [1.54, 1.807) is 51.3 Å². The Hall–Kier alpha value is -3.67. The van der Waals surface area contributed by atoms with Crippen molar-refractivity contribution < 1.29 is 23.8 Å². The second-order valence-electron chi connectivity index (χ2n) is 6.28. The van der Waals surface area contributed by atoms with Gasteiger partial charge in [0.2, 0.25) is 0 Å². The second-order valence-corrected chi connectivity index (χ2v) is 6.28. The molecule has 0 unspecified atom stereocenters. The number of esters is 2. The highest BCUT2D eigenvalue weighted by molar-refractivity contribution is 6.13. The fourth-order valence-electron chi connectivity index (χ4n) is 3.15. The van der Waals surface area contributed by atoms with Gasteiger partial charge in [0.05, 0.1) is 37.1 Å². The summed E-state index contributed by atoms with van der Waals surface area (Å²) in [5.41, 5.74) is 1.94. The summed E-state index contributed by atoms with van der Waals surface area (Å²) in [5, 5.41) is 0.536. The Kier molecular flexibility index (Phi) is 6.80. The number of carbonyl (C=O) groups excluding carboxylic acids is 2. The number of hydrogen-bond donors (Lipinski definition) is 0. The number of pyridine rings is 1. The zero-order valence-electron chi connectivity index (χ0n) is 17.2. The number of ether oxygens (including phenoxy) is 3. The molecule has 0 N–H and O–H groups in total. The van der Waals surface area contributed by atoms with Crippen LogP contribution in [0.25, 0.3) is 23.1 Å². The summed E-state index contributed by atoms with van der Waals surface area (Å²) in [4.78, 5) is 30.3. The number of hydrogen-bond acceptors (Lipinski definition) is 6. The van der Waals surface area contributed by atoms with Gasteiger partial charge in [0.15, 0.2) is 0 Å². The van der Waals surface area contributed by atoms with E-state index >= 15 is 0 Å². The highest BCUT2D eigenvalue weighted by Crippen LogP contribution is 2.28. The first kappa shape index (κ1) is 21.0. The molecule has 0 saturated heterocycles. The number of fused-ring (bicyclic) bond motifs is 1. The van der Waals surface area contributed by atoms with Gasteiger partial charge in [0, 0.05) is 10.9 Å². The van der Waals surface area contributed by atoms with E-state index in [0.717, 1.165) is 5.56 Å². The van der Waals surface area contributed by atoms with E-state index in [0.29, 0.717) is 22.3 Å². The lowest BCUT2D eigenvalue weighted by atomic mass is 9.99. The molecule has 1 heterocycles. The summed E-state index contributed by atoms with van der Waals surface area (Å²) in [7, 11) is 1.59. The largest absolute Gasteiger partial charge is 0.496 e. The zero-order valence-corrected chi connectivity index (χ0v) is 17.2. The SMILES string of the molecule is CCOC(=O)c1c(/C=C/c2ccccc2OC)nc2ccccc2c1C(=O)OCC. The maximum Gasteiger partial charge on any atom is 0.341 e. The van der Waals surface area contributed by atoms with Gasteiger partial charge in [-0.3, -0.25) is 0 Å². The van der Waals surface area contributed by atoms with Crippen LogP contribution >= 0.6 is 0 Å². The van der Waals surface area contributed by atoms with Crippen molar-refractivity contribution in [2.45, 2.75) is 13.8 Å². The highest BCUT2D eigenvalue weighted by Gasteiger charge is 2.26. The van der Waals surface area contributed by atoms with Crippen LogP contribution in [-0.2, 0) is 9.47 Å². The molecule has 30 heavy (non-hydrogen) atoms. The summed E-state index contributed by atoms with van der Waals surface area (Å²) in [5.74, 6) is -0.539. The molecule has 154 valence electrons. The molecular weight excluding hydrogens is 382 g/mol. The predicted molar refractivity (Wildman–Crippen MR) is 116 cm³/mol. The number of carbonyl (C=O) groups is 2. The molecule has 6 nitrogen and oxygen atoms in total. The Labute approximate surface area is 175 Å². The molecule has 0 aliphatic carbocycles. The van der Waals surface area contributed by atoms with Gasteiger partial charge in [-0.05, 0) is 38.1 Å². The van der Waals surface area contributed by atoms with Crippen molar-refractivity contribution in [1.82, 2.24) is 4.98 Å². The van der Waals surface area contributed by atoms with E-state index in [1.807, 2.05) is 30.3 Å². The van der Waals surface area contributed by atoms with Crippen molar-refractivity contribution in [2.75, 3.05) is 20.3 Å². The van der Waals surface area contributed by atoms with Crippen LogP contribution in [0.1, 0.15) is 45.8 Å². The Morgan fingerprint density at radius 2 is 1.50 bits per heavy atom. The average molecular weight is 405 g/mol. The van der Waals surface area contributed by atoms with Crippen LogP contribution in [0, 0.1) is 0 Å². The van der Waals surface area contributed by atoms with Crippen LogP contribution in [0.2, 0.25) is 0 Å². The molecular formula is C24H23NO5. The monoisotopic (exact) mass is 405 g/mol. The van der Waals surface area contributed by atoms with E-state index in [-0.39, 0.29) is 24.3 Å². The lowest BCUT2D eigenvalue weighted by Crippen LogP contribution is -2.17. The van der Waals surface area contributed by atoms with E-state index in [2.05, 4.69) is 4.98 Å². The molecule has 0 aliphatic heterocycles. The van der Waals surface area contributed by atoms with Gasteiger partial charge in [-0.15, -0.1) is 0 Å². The smallest absolute Gasteiger partial charge is 0.341 e. The Bertz CT molecular complexity index is 1100. The van der Waals surface area contributed by atoms with Crippen molar-refractivity contribution in [3.8, 4) is 5.75 Å². The van der Waals surface area contributed by atoms with Gasteiger partial charge in [-0.25, -0.2) is 14.6 Å².